The minimum Gasteiger partial charge on any atom is -0.384 e. The van der Waals surface area contributed by atoms with Crippen LogP contribution in [0.4, 0.5) is 0 Å². The van der Waals surface area contributed by atoms with Crippen LogP contribution in [0.15, 0.2) is 12.7 Å². The Morgan fingerprint density at radius 2 is 2.00 bits per heavy atom. The Labute approximate surface area is 83.6 Å². The van der Waals surface area contributed by atoms with Crippen molar-refractivity contribution in [3.05, 3.63) is 12.7 Å². The van der Waals surface area contributed by atoms with Crippen LogP contribution in [-0.4, -0.2) is 36.0 Å². The van der Waals surface area contributed by atoms with Gasteiger partial charge in [-0.15, -0.1) is 6.58 Å². The molecule has 0 aliphatic rings. The normalized spacial score (nSPS) is 14.5. The van der Waals surface area contributed by atoms with Crippen molar-refractivity contribution in [1.29, 1.82) is 0 Å². The van der Waals surface area contributed by atoms with Gasteiger partial charge < -0.3 is 9.84 Å². The van der Waals surface area contributed by atoms with E-state index in [-0.39, 0.29) is 12.4 Å². The number of hydrogen-bond acceptors (Lipinski definition) is 4. The molecule has 0 aliphatic carbocycles. The first-order valence-corrected chi connectivity index (χ1v) is 4.38. The molecule has 14 heavy (non-hydrogen) atoms. The zero-order valence-electron chi connectivity index (χ0n) is 8.53. The average Bonchev–Trinajstić information content (AvgIpc) is 2.10. The highest BCUT2D eigenvalue weighted by atomic mass is 16.5. The summed E-state index contributed by atoms with van der Waals surface area (Å²) in [4.78, 5) is 21.9. The fraction of sp³-hybridized carbons (Fsp3) is 0.600. The minimum atomic E-state index is -1.27. The molecule has 80 valence electrons. The van der Waals surface area contributed by atoms with Gasteiger partial charge in [0.05, 0.1) is 19.1 Å². The predicted molar refractivity (Wildman–Crippen MR) is 51.9 cm³/mol. The summed E-state index contributed by atoms with van der Waals surface area (Å²) < 4.78 is 5.03. The lowest BCUT2D eigenvalue weighted by Gasteiger charge is -2.17. The molecule has 0 saturated heterocycles. The third-order valence-corrected chi connectivity index (χ3v) is 1.85. The van der Waals surface area contributed by atoms with E-state index < -0.39 is 17.8 Å². The van der Waals surface area contributed by atoms with Crippen LogP contribution in [0, 0.1) is 5.92 Å². The molecular formula is C10H16O4. The van der Waals surface area contributed by atoms with Crippen LogP contribution in [0.1, 0.15) is 13.8 Å². The predicted octanol–water partition coefficient (Wildman–Crippen LogP) is 0.344. The highest BCUT2D eigenvalue weighted by Gasteiger charge is 2.27. The van der Waals surface area contributed by atoms with Gasteiger partial charge in [-0.3, -0.25) is 9.59 Å². The average molecular weight is 200 g/mol. The largest absolute Gasteiger partial charge is 0.384 e. The summed E-state index contributed by atoms with van der Waals surface area (Å²) in [5, 5.41) is 9.38. The first-order chi connectivity index (χ1) is 6.50. The van der Waals surface area contributed by atoms with Crippen molar-refractivity contribution in [3.8, 4) is 0 Å². The standard InChI is InChI=1S/C10H16O4/c1-4-5-14-6-9(7(2)11)10(13)8(3)12/h4,9-10,13H,1,5-6H2,2-3H3. The van der Waals surface area contributed by atoms with Crippen molar-refractivity contribution in [2.24, 2.45) is 5.92 Å². The van der Waals surface area contributed by atoms with Crippen LogP contribution >= 0.6 is 0 Å². The van der Waals surface area contributed by atoms with Crippen molar-refractivity contribution < 1.29 is 19.4 Å². The maximum absolute atomic E-state index is 11.1. The summed E-state index contributed by atoms with van der Waals surface area (Å²) >= 11 is 0. The van der Waals surface area contributed by atoms with Crippen molar-refractivity contribution >= 4 is 11.6 Å². The summed E-state index contributed by atoms with van der Waals surface area (Å²) in [7, 11) is 0. The number of carbonyl (C=O) groups excluding carboxylic acids is 2. The molecular weight excluding hydrogens is 184 g/mol. The Hall–Kier alpha value is -1.00. The smallest absolute Gasteiger partial charge is 0.159 e. The van der Waals surface area contributed by atoms with Crippen molar-refractivity contribution in [3.63, 3.8) is 0 Å². The number of Topliss-reactive ketones (excluding diaryl/α,β-unsaturated/α-hetero) is 2. The van der Waals surface area contributed by atoms with Crippen LogP contribution in [0.25, 0.3) is 0 Å². The second kappa shape index (κ2) is 6.45. The van der Waals surface area contributed by atoms with Gasteiger partial charge in [0.1, 0.15) is 11.9 Å². The van der Waals surface area contributed by atoms with Crippen molar-refractivity contribution in [2.75, 3.05) is 13.2 Å². The molecule has 4 heteroatoms. The second-order valence-electron chi connectivity index (χ2n) is 3.10. The Morgan fingerprint density at radius 3 is 2.36 bits per heavy atom. The van der Waals surface area contributed by atoms with Gasteiger partial charge in [0.15, 0.2) is 5.78 Å². The molecule has 2 unspecified atom stereocenters. The summed E-state index contributed by atoms with van der Waals surface area (Å²) in [6.45, 7) is 6.36. The lowest BCUT2D eigenvalue weighted by Crippen LogP contribution is -2.35. The molecule has 0 rings (SSSR count). The fourth-order valence-corrected chi connectivity index (χ4v) is 0.992. The van der Waals surface area contributed by atoms with Gasteiger partial charge in [-0.2, -0.15) is 0 Å². The van der Waals surface area contributed by atoms with E-state index in [1.54, 1.807) is 0 Å². The molecule has 0 aromatic carbocycles. The minimum absolute atomic E-state index is 0.0437. The zero-order valence-corrected chi connectivity index (χ0v) is 8.53. The molecule has 4 nitrogen and oxygen atoms in total. The van der Waals surface area contributed by atoms with E-state index >= 15 is 0 Å². The third-order valence-electron chi connectivity index (χ3n) is 1.85. The number of hydrogen-bond donors (Lipinski definition) is 1. The molecule has 0 aromatic heterocycles. The van der Waals surface area contributed by atoms with Gasteiger partial charge >= 0.3 is 0 Å². The molecule has 1 N–H and O–H groups in total. The maximum atomic E-state index is 11.1. The van der Waals surface area contributed by atoms with Gasteiger partial charge in [-0.25, -0.2) is 0 Å². The summed E-state index contributed by atoms with van der Waals surface area (Å²) in [6.07, 6.45) is 0.273. The first-order valence-electron chi connectivity index (χ1n) is 4.38. The molecule has 0 saturated carbocycles. The second-order valence-corrected chi connectivity index (χ2v) is 3.10. The van der Waals surface area contributed by atoms with E-state index in [9.17, 15) is 14.7 Å². The molecule has 0 spiro atoms. The highest BCUT2D eigenvalue weighted by molar-refractivity contribution is 5.89. The Morgan fingerprint density at radius 1 is 1.43 bits per heavy atom. The van der Waals surface area contributed by atoms with E-state index in [1.807, 2.05) is 0 Å². The summed E-state index contributed by atoms with van der Waals surface area (Å²) in [5.41, 5.74) is 0. The Balaban J connectivity index is 4.21. The van der Waals surface area contributed by atoms with Gasteiger partial charge in [0, 0.05) is 0 Å². The molecule has 0 aromatic rings. The quantitative estimate of drug-likeness (QED) is 0.475. The highest BCUT2D eigenvalue weighted by Crippen LogP contribution is 2.07. The van der Waals surface area contributed by atoms with Gasteiger partial charge in [0.25, 0.3) is 0 Å². The maximum Gasteiger partial charge on any atom is 0.159 e. The first kappa shape index (κ1) is 13.0. The topological polar surface area (TPSA) is 63.6 Å². The SMILES string of the molecule is C=CCOCC(C(C)=O)C(O)C(C)=O. The summed E-state index contributed by atoms with van der Waals surface area (Å²) in [5.74, 6) is -1.45. The van der Waals surface area contributed by atoms with Crippen LogP contribution in [0.5, 0.6) is 0 Å². The number of ether oxygens (including phenoxy) is 1. The fourth-order valence-electron chi connectivity index (χ4n) is 0.992. The number of carbonyl (C=O) groups is 2. The van der Waals surface area contributed by atoms with Crippen molar-refractivity contribution in [2.45, 2.75) is 20.0 Å². The van der Waals surface area contributed by atoms with E-state index in [1.165, 1.54) is 19.9 Å². The Bertz CT molecular complexity index is 222. The number of ketones is 2. The van der Waals surface area contributed by atoms with E-state index in [4.69, 9.17) is 4.74 Å². The number of rotatable bonds is 7. The number of aliphatic hydroxyl groups excluding tert-OH is 1. The van der Waals surface area contributed by atoms with E-state index in [2.05, 4.69) is 6.58 Å². The van der Waals surface area contributed by atoms with Gasteiger partial charge in [-0.05, 0) is 13.8 Å². The third kappa shape index (κ3) is 4.30. The van der Waals surface area contributed by atoms with Crippen molar-refractivity contribution in [1.82, 2.24) is 0 Å². The molecule has 0 amide bonds. The summed E-state index contributed by atoms with van der Waals surface area (Å²) in [6, 6.07) is 0. The molecule has 0 bridgehead atoms. The molecule has 0 heterocycles. The lowest BCUT2D eigenvalue weighted by molar-refractivity contribution is -0.137. The van der Waals surface area contributed by atoms with E-state index in [0.29, 0.717) is 6.61 Å². The van der Waals surface area contributed by atoms with Crippen LogP contribution in [-0.2, 0) is 14.3 Å². The lowest BCUT2D eigenvalue weighted by atomic mass is 9.97. The van der Waals surface area contributed by atoms with Crippen LogP contribution < -0.4 is 0 Å². The van der Waals surface area contributed by atoms with E-state index in [0.717, 1.165) is 0 Å². The van der Waals surface area contributed by atoms with Crippen LogP contribution in [0.2, 0.25) is 0 Å². The molecule has 0 fully saturated rings. The monoisotopic (exact) mass is 200 g/mol. The zero-order chi connectivity index (χ0) is 11.1. The molecule has 0 radical (unpaired) electrons. The van der Waals surface area contributed by atoms with Gasteiger partial charge in [0.2, 0.25) is 0 Å². The number of aliphatic hydroxyl groups is 1. The van der Waals surface area contributed by atoms with Gasteiger partial charge in [-0.1, -0.05) is 6.08 Å². The molecule has 2 atom stereocenters. The van der Waals surface area contributed by atoms with Crippen LogP contribution in [0.3, 0.4) is 0 Å². The Kier molecular flexibility index (Phi) is 5.99. The molecule has 0 aliphatic heterocycles.